The monoisotopic (exact) mass is 286 g/mol. The first kappa shape index (κ1) is 14.6. The van der Waals surface area contributed by atoms with E-state index in [2.05, 4.69) is 35.8 Å². The molecular formula is C18H26N2O. The minimum Gasteiger partial charge on any atom is -0.349 e. The van der Waals surface area contributed by atoms with Gasteiger partial charge in [-0.2, -0.15) is 0 Å². The van der Waals surface area contributed by atoms with Gasteiger partial charge in [0.2, 0.25) is 5.91 Å². The number of hydrogen-bond acceptors (Lipinski definition) is 2. The summed E-state index contributed by atoms with van der Waals surface area (Å²) < 4.78 is 0. The average molecular weight is 286 g/mol. The molecule has 1 aromatic carbocycles. The van der Waals surface area contributed by atoms with Gasteiger partial charge in [-0.3, -0.25) is 4.79 Å². The summed E-state index contributed by atoms with van der Waals surface area (Å²) in [6.45, 7) is 3.96. The average Bonchev–Trinajstić information content (AvgIpc) is 2.55. The lowest BCUT2D eigenvalue weighted by Gasteiger charge is -2.25. The van der Waals surface area contributed by atoms with Crippen LogP contribution < -0.4 is 10.6 Å². The number of carbonyl (C=O) groups is 1. The molecule has 1 fully saturated rings. The maximum absolute atomic E-state index is 12.3. The maximum atomic E-state index is 12.3. The largest absolute Gasteiger partial charge is 0.349 e. The van der Waals surface area contributed by atoms with Crippen LogP contribution in [0, 0.1) is 5.92 Å². The standard InChI is InChI=1S/C18H26N2O/c1-13(20-18(21)17-7-4-10-19-12-17)15-9-8-14-5-2-3-6-16(14)11-15/h8-9,11,13,17,19H,2-7,10,12H2,1H3,(H,20,21)/t13?,17-/m1/s1. The summed E-state index contributed by atoms with van der Waals surface area (Å²) in [7, 11) is 0. The normalized spacial score (nSPS) is 23.2. The smallest absolute Gasteiger partial charge is 0.224 e. The van der Waals surface area contributed by atoms with Gasteiger partial charge in [-0.05, 0) is 68.7 Å². The zero-order chi connectivity index (χ0) is 14.7. The number of nitrogens with one attached hydrogen (secondary N) is 2. The molecule has 1 aliphatic heterocycles. The van der Waals surface area contributed by atoms with Gasteiger partial charge in [-0.15, -0.1) is 0 Å². The van der Waals surface area contributed by atoms with Crippen LogP contribution in [0.15, 0.2) is 18.2 Å². The Bertz CT molecular complexity index is 506. The molecule has 1 aromatic rings. The van der Waals surface area contributed by atoms with Gasteiger partial charge >= 0.3 is 0 Å². The molecule has 1 heterocycles. The van der Waals surface area contributed by atoms with Crippen molar-refractivity contribution in [2.45, 2.75) is 51.5 Å². The van der Waals surface area contributed by atoms with E-state index >= 15 is 0 Å². The third-order valence-corrected chi connectivity index (χ3v) is 4.90. The van der Waals surface area contributed by atoms with Crippen molar-refractivity contribution in [3.8, 4) is 0 Å². The SMILES string of the molecule is CC(NC(=O)[C@@H]1CCCNC1)c1ccc2c(c1)CCCC2. The number of amides is 1. The van der Waals surface area contributed by atoms with Crippen molar-refractivity contribution in [1.82, 2.24) is 10.6 Å². The Labute approximate surface area is 127 Å². The fourth-order valence-electron chi connectivity index (χ4n) is 3.51. The highest BCUT2D eigenvalue weighted by atomic mass is 16.1. The Morgan fingerprint density at radius 2 is 2.05 bits per heavy atom. The Kier molecular flexibility index (Phi) is 4.59. The number of fused-ring (bicyclic) bond motifs is 1. The fraction of sp³-hybridized carbons (Fsp3) is 0.611. The van der Waals surface area contributed by atoms with Crippen LogP contribution in [-0.4, -0.2) is 19.0 Å². The lowest BCUT2D eigenvalue weighted by Crippen LogP contribution is -2.41. The quantitative estimate of drug-likeness (QED) is 0.897. The molecule has 2 N–H and O–H groups in total. The minimum atomic E-state index is 0.103. The second-order valence-corrected chi connectivity index (χ2v) is 6.51. The van der Waals surface area contributed by atoms with E-state index in [-0.39, 0.29) is 17.9 Å². The summed E-state index contributed by atoms with van der Waals surface area (Å²) in [6.07, 6.45) is 7.12. The Morgan fingerprint density at radius 3 is 2.81 bits per heavy atom. The van der Waals surface area contributed by atoms with Crippen molar-refractivity contribution in [3.05, 3.63) is 34.9 Å². The molecule has 2 atom stereocenters. The molecule has 114 valence electrons. The van der Waals surface area contributed by atoms with Crippen LogP contribution in [0.2, 0.25) is 0 Å². The summed E-state index contributed by atoms with van der Waals surface area (Å²) in [4.78, 5) is 12.3. The predicted octanol–water partition coefficient (Wildman–Crippen LogP) is 2.74. The highest BCUT2D eigenvalue weighted by molar-refractivity contribution is 5.79. The minimum absolute atomic E-state index is 0.103. The second kappa shape index (κ2) is 6.61. The van der Waals surface area contributed by atoms with E-state index in [9.17, 15) is 4.79 Å². The molecule has 3 rings (SSSR count). The number of piperidine rings is 1. The zero-order valence-corrected chi connectivity index (χ0v) is 13.0. The summed E-state index contributed by atoms with van der Waals surface area (Å²) >= 11 is 0. The molecule has 0 spiro atoms. The second-order valence-electron chi connectivity index (χ2n) is 6.51. The van der Waals surface area contributed by atoms with Gasteiger partial charge in [0.15, 0.2) is 0 Å². The molecule has 0 aromatic heterocycles. The first-order chi connectivity index (χ1) is 10.2. The molecule has 0 saturated carbocycles. The van der Waals surface area contributed by atoms with Gasteiger partial charge in [0.05, 0.1) is 12.0 Å². The van der Waals surface area contributed by atoms with Crippen LogP contribution in [-0.2, 0) is 17.6 Å². The molecule has 1 unspecified atom stereocenters. The highest BCUT2D eigenvalue weighted by Crippen LogP contribution is 2.25. The van der Waals surface area contributed by atoms with E-state index in [1.165, 1.54) is 42.4 Å². The van der Waals surface area contributed by atoms with Crippen LogP contribution in [0.25, 0.3) is 0 Å². The fourth-order valence-corrected chi connectivity index (χ4v) is 3.51. The summed E-state index contributed by atoms with van der Waals surface area (Å²) in [6, 6.07) is 6.85. The van der Waals surface area contributed by atoms with Gasteiger partial charge < -0.3 is 10.6 Å². The molecule has 1 aliphatic carbocycles. The molecule has 3 nitrogen and oxygen atoms in total. The van der Waals surface area contributed by atoms with E-state index in [0.717, 1.165) is 25.9 Å². The Balaban J connectivity index is 1.64. The lowest BCUT2D eigenvalue weighted by atomic mass is 9.89. The molecule has 0 radical (unpaired) electrons. The van der Waals surface area contributed by atoms with Crippen molar-refractivity contribution in [2.24, 2.45) is 5.92 Å². The zero-order valence-electron chi connectivity index (χ0n) is 13.0. The predicted molar refractivity (Wildman–Crippen MR) is 85.2 cm³/mol. The van der Waals surface area contributed by atoms with E-state index in [1.54, 1.807) is 0 Å². The van der Waals surface area contributed by atoms with Crippen LogP contribution >= 0.6 is 0 Å². The van der Waals surface area contributed by atoms with Crippen LogP contribution in [0.5, 0.6) is 0 Å². The molecule has 2 aliphatic rings. The first-order valence-corrected chi connectivity index (χ1v) is 8.37. The van der Waals surface area contributed by atoms with Crippen LogP contribution in [0.4, 0.5) is 0 Å². The molecule has 3 heteroatoms. The lowest BCUT2D eigenvalue weighted by molar-refractivity contribution is -0.126. The Morgan fingerprint density at radius 1 is 1.24 bits per heavy atom. The molecule has 1 saturated heterocycles. The molecule has 21 heavy (non-hydrogen) atoms. The number of benzene rings is 1. The molecule has 1 amide bonds. The van der Waals surface area contributed by atoms with Gasteiger partial charge in [0.25, 0.3) is 0 Å². The third kappa shape index (κ3) is 3.46. The van der Waals surface area contributed by atoms with Crippen molar-refractivity contribution in [2.75, 3.05) is 13.1 Å². The molecule has 0 bridgehead atoms. The number of aryl methyl sites for hydroxylation is 2. The van der Waals surface area contributed by atoms with Gasteiger partial charge in [0, 0.05) is 6.54 Å². The van der Waals surface area contributed by atoms with Gasteiger partial charge in [-0.25, -0.2) is 0 Å². The first-order valence-electron chi connectivity index (χ1n) is 8.37. The van der Waals surface area contributed by atoms with Crippen LogP contribution in [0.3, 0.4) is 0 Å². The van der Waals surface area contributed by atoms with Crippen molar-refractivity contribution in [3.63, 3.8) is 0 Å². The summed E-state index contributed by atoms with van der Waals surface area (Å²) in [5.74, 6) is 0.339. The van der Waals surface area contributed by atoms with E-state index in [0.29, 0.717) is 0 Å². The number of hydrogen-bond donors (Lipinski definition) is 2. The molecular weight excluding hydrogens is 260 g/mol. The van der Waals surface area contributed by atoms with Crippen LogP contribution in [0.1, 0.15) is 55.3 Å². The number of carbonyl (C=O) groups excluding carboxylic acids is 1. The van der Waals surface area contributed by atoms with Crippen molar-refractivity contribution in [1.29, 1.82) is 0 Å². The summed E-state index contributed by atoms with van der Waals surface area (Å²) in [5.41, 5.74) is 4.23. The summed E-state index contributed by atoms with van der Waals surface area (Å²) in [5, 5.41) is 6.50. The van der Waals surface area contributed by atoms with E-state index in [1.807, 2.05) is 0 Å². The third-order valence-electron chi connectivity index (χ3n) is 4.90. The van der Waals surface area contributed by atoms with E-state index < -0.39 is 0 Å². The van der Waals surface area contributed by atoms with Gasteiger partial charge in [0.1, 0.15) is 0 Å². The Hall–Kier alpha value is -1.35. The highest BCUT2D eigenvalue weighted by Gasteiger charge is 2.22. The maximum Gasteiger partial charge on any atom is 0.224 e. The topological polar surface area (TPSA) is 41.1 Å². The van der Waals surface area contributed by atoms with Crippen molar-refractivity contribution < 1.29 is 4.79 Å². The van der Waals surface area contributed by atoms with Gasteiger partial charge in [-0.1, -0.05) is 18.2 Å². The number of rotatable bonds is 3. The van der Waals surface area contributed by atoms with Crippen molar-refractivity contribution >= 4 is 5.91 Å². The van der Waals surface area contributed by atoms with E-state index in [4.69, 9.17) is 0 Å².